The second-order valence-corrected chi connectivity index (χ2v) is 6.20. The van der Waals surface area contributed by atoms with E-state index < -0.39 is 0 Å². The van der Waals surface area contributed by atoms with E-state index in [1.165, 1.54) is 0 Å². The maximum absolute atomic E-state index is 12.0. The third-order valence-corrected chi connectivity index (χ3v) is 4.21. The molecule has 0 aliphatic carbocycles. The van der Waals surface area contributed by atoms with E-state index in [1.807, 2.05) is 30.3 Å². The SMILES string of the molecule is Cn1nc(C2CCNCC2)nc1NC(=O)COCCOc1ccccc1. The smallest absolute Gasteiger partial charge is 0.252 e. The summed E-state index contributed by atoms with van der Waals surface area (Å²) in [5, 5.41) is 10.5. The van der Waals surface area contributed by atoms with Crippen molar-refractivity contribution in [2.24, 2.45) is 7.05 Å². The molecule has 0 saturated carbocycles. The van der Waals surface area contributed by atoms with E-state index in [-0.39, 0.29) is 12.5 Å². The van der Waals surface area contributed by atoms with Gasteiger partial charge in [0.1, 0.15) is 19.0 Å². The number of anilines is 1. The highest BCUT2D eigenvalue weighted by Crippen LogP contribution is 2.23. The number of carbonyl (C=O) groups excluding carboxylic acids is 1. The van der Waals surface area contributed by atoms with E-state index in [9.17, 15) is 4.79 Å². The van der Waals surface area contributed by atoms with Crippen molar-refractivity contribution in [3.63, 3.8) is 0 Å². The number of hydrogen-bond donors (Lipinski definition) is 2. The number of amides is 1. The molecule has 26 heavy (non-hydrogen) atoms. The number of nitrogens with one attached hydrogen (secondary N) is 2. The largest absolute Gasteiger partial charge is 0.491 e. The van der Waals surface area contributed by atoms with Gasteiger partial charge in [0.05, 0.1) is 6.61 Å². The second kappa shape index (κ2) is 9.30. The molecule has 8 nitrogen and oxygen atoms in total. The zero-order valence-electron chi connectivity index (χ0n) is 15.0. The van der Waals surface area contributed by atoms with Gasteiger partial charge in [0.2, 0.25) is 5.95 Å². The summed E-state index contributed by atoms with van der Waals surface area (Å²) in [6, 6.07) is 9.49. The quantitative estimate of drug-likeness (QED) is 0.691. The lowest BCUT2D eigenvalue weighted by Gasteiger charge is -2.19. The predicted molar refractivity (Wildman–Crippen MR) is 97.2 cm³/mol. The molecule has 0 spiro atoms. The van der Waals surface area contributed by atoms with E-state index in [2.05, 4.69) is 20.7 Å². The maximum Gasteiger partial charge on any atom is 0.252 e. The zero-order valence-corrected chi connectivity index (χ0v) is 15.0. The molecule has 8 heteroatoms. The van der Waals surface area contributed by atoms with Crippen LogP contribution in [0.4, 0.5) is 5.95 Å². The van der Waals surface area contributed by atoms with E-state index in [1.54, 1.807) is 11.7 Å². The average Bonchev–Trinajstić information content (AvgIpc) is 3.03. The summed E-state index contributed by atoms with van der Waals surface area (Å²) in [6.45, 7) is 2.63. The molecule has 0 unspecified atom stereocenters. The molecule has 140 valence electrons. The Hall–Kier alpha value is -2.45. The average molecular weight is 359 g/mol. The van der Waals surface area contributed by atoms with Crippen LogP contribution >= 0.6 is 0 Å². The van der Waals surface area contributed by atoms with Crippen LogP contribution in [0.2, 0.25) is 0 Å². The summed E-state index contributed by atoms with van der Waals surface area (Å²) in [4.78, 5) is 16.5. The van der Waals surface area contributed by atoms with Crippen molar-refractivity contribution in [2.45, 2.75) is 18.8 Å². The minimum absolute atomic E-state index is 0.0479. The molecule has 1 aliphatic heterocycles. The van der Waals surface area contributed by atoms with Crippen LogP contribution in [-0.4, -0.2) is 53.6 Å². The van der Waals surface area contributed by atoms with Crippen molar-refractivity contribution in [3.05, 3.63) is 36.2 Å². The van der Waals surface area contributed by atoms with Gasteiger partial charge in [-0.1, -0.05) is 18.2 Å². The Balaban J connectivity index is 1.38. The summed E-state index contributed by atoms with van der Waals surface area (Å²) in [5.74, 6) is 2.12. The Morgan fingerprint density at radius 3 is 2.81 bits per heavy atom. The number of nitrogens with zero attached hydrogens (tertiary/aromatic N) is 3. The molecule has 1 saturated heterocycles. The van der Waals surface area contributed by atoms with Crippen molar-refractivity contribution >= 4 is 11.9 Å². The van der Waals surface area contributed by atoms with Gasteiger partial charge in [-0.3, -0.25) is 10.1 Å². The molecule has 1 aliphatic rings. The van der Waals surface area contributed by atoms with Gasteiger partial charge < -0.3 is 14.8 Å². The van der Waals surface area contributed by atoms with Crippen LogP contribution < -0.4 is 15.4 Å². The highest BCUT2D eigenvalue weighted by atomic mass is 16.5. The van der Waals surface area contributed by atoms with Crippen LogP contribution in [0.1, 0.15) is 24.6 Å². The first-order valence-corrected chi connectivity index (χ1v) is 8.89. The molecule has 3 rings (SSSR count). The number of benzene rings is 1. The van der Waals surface area contributed by atoms with Gasteiger partial charge in [-0.2, -0.15) is 10.1 Å². The third kappa shape index (κ3) is 5.27. The second-order valence-electron chi connectivity index (χ2n) is 6.20. The Bertz CT molecular complexity index is 698. The number of carbonyl (C=O) groups is 1. The monoisotopic (exact) mass is 359 g/mol. The molecular formula is C18H25N5O3. The lowest BCUT2D eigenvalue weighted by atomic mass is 9.98. The minimum atomic E-state index is -0.253. The molecule has 0 atom stereocenters. The van der Waals surface area contributed by atoms with Crippen LogP contribution in [0.25, 0.3) is 0 Å². The standard InChI is InChI=1S/C18H25N5O3/c1-23-18(21-17(22-23)14-7-9-19-10-8-14)20-16(24)13-25-11-12-26-15-5-3-2-4-6-15/h2-6,14,19H,7-13H2,1H3,(H,20,21,22,24). The van der Waals surface area contributed by atoms with Crippen LogP contribution in [0, 0.1) is 0 Å². The van der Waals surface area contributed by atoms with Crippen molar-refractivity contribution in [2.75, 3.05) is 38.2 Å². The predicted octanol–water partition coefficient (Wildman–Crippen LogP) is 1.32. The number of para-hydroxylation sites is 1. The fourth-order valence-electron chi connectivity index (χ4n) is 2.83. The fourth-order valence-corrected chi connectivity index (χ4v) is 2.83. The highest BCUT2D eigenvalue weighted by molar-refractivity contribution is 5.90. The first-order valence-electron chi connectivity index (χ1n) is 8.89. The summed E-state index contributed by atoms with van der Waals surface area (Å²) >= 11 is 0. The Morgan fingerprint density at radius 2 is 2.04 bits per heavy atom. The zero-order chi connectivity index (χ0) is 18.2. The van der Waals surface area contributed by atoms with Crippen molar-refractivity contribution in [3.8, 4) is 5.75 Å². The first kappa shape index (κ1) is 18.3. The lowest BCUT2D eigenvalue weighted by Crippen LogP contribution is -2.27. The van der Waals surface area contributed by atoms with Gasteiger partial charge in [-0.05, 0) is 38.1 Å². The van der Waals surface area contributed by atoms with E-state index in [0.29, 0.717) is 25.1 Å². The topological polar surface area (TPSA) is 90.3 Å². The molecule has 2 N–H and O–H groups in total. The van der Waals surface area contributed by atoms with Crippen LogP contribution in [0.3, 0.4) is 0 Å². The Kier molecular flexibility index (Phi) is 6.56. The molecule has 1 aromatic heterocycles. The molecule has 0 radical (unpaired) electrons. The van der Waals surface area contributed by atoms with Gasteiger partial charge in [0.15, 0.2) is 5.82 Å². The van der Waals surface area contributed by atoms with E-state index in [4.69, 9.17) is 9.47 Å². The van der Waals surface area contributed by atoms with Crippen molar-refractivity contribution in [1.29, 1.82) is 0 Å². The molecule has 2 aromatic rings. The number of piperidine rings is 1. The summed E-state index contributed by atoms with van der Waals surface area (Å²) in [7, 11) is 1.78. The van der Waals surface area contributed by atoms with Crippen molar-refractivity contribution < 1.29 is 14.3 Å². The molecule has 1 fully saturated rings. The van der Waals surface area contributed by atoms with Crippen LogP contribution in [-0.2, 0) is 16.6 Å². The van der Waals surface area contributed by atoms with Gasteiger partial charge in [0.25, 0.3) is 5.91 Å². The fraction of sp³-hybridized carbons (Fsp3) is 0.500. The summed E-state index contributed by atoms with van der Waals surface area (Å²) in [5.41, 5.74) is 0. The Morgan fingerprint density at radius 1 is 1.27 bits per heavy atom. The van der Waals surface area contributed by atoms with Gasteiger partial charge in [-0.15, -0.1) is 0 Å². The van der Waals surface area contributed by atoms with E-state index in [0.717, 1.165) is 37.5 Å². The highest BCUT2D eigenvalue weighted by Gasteiger charge is 2.21. The number of aromatic nitrogens is 3. The summed E-state index contributed by atoms with van der Waals surface area (Å²) in [6.07, 6.45) is 2.03. The van der Waals surface area contributed by atoms with Gasteiger partial charge in [0, 0.05) is 13.0 Å². The van der Waals surface area contributed by atoms with Gasteiger partial charge >= 0.3 is 0 Å². The number of aryl methyl sites for hydroxylation is 1. The minimum Gasteiger partial charge on any atom is -0.491 e. The number of hydrogen-bond acceptors (Lipinski definition) is 6. The first-order chi connectivity index (χ1) is 12.7. The number of ether oxygens (including phenoxy) is 2. The lowest BCUT2D eigenvalue weighted by molar-refractivity contribution is -0.120. The summed E-state index contributed by atoms with van der Waals surface area (Å²) < 4.78 is 12.5. The maximum atomic E-state index is 12.0. The molecule has 1 aromatic carbocycles. The Labute approximate surface area is 152 Å². The normalized spacial score (nSPS) is 15.0. The van der Waals surface area contributed by atoms with Crippen LogP contribution in [0.5, 0.6) is 5.75 Å². The third-order valence-electron chi connectivity index (χ3n) is 4.21. The van der Waals surface area contributed by atoms with Gasteiger partial charge in [-0.25, -0.2) is 4.68 Å². The van der Waals surface area contributed by atoms with Crippen molar-refractivity contribution in [1.82, 2.24) is 20.1 Å². The van der Waals surface area contributed by atoms with Crippen LogP contribution in [0.15, 0.2) is 30.3 Å². The number of rotatable bonds is 8. The molecule has 2 heterocycles. The van der Waals surface area contributed by atoms with E-state index >= 15 is 0 Å². The molecule has 1 amide bonds. The molecule has 0 bridgehead atoms. The molecular weight excluding hydrogens is 334 g/mol.